The molecule has 0 bridgehead atoms. The highest BCUT2D eigenvalue weighted by Gasteiger charge is 2.77. The van der Waals surface area contributed by atoms with Crippen LogP contribution >= 0.6 is 0 Å². The number of epoxide rings is 1. The molecule has 8 heteroatoms. The number of hydrogen-bond donors (Lipinski definition) is 2. The van der Waals surface area contributed by atoms with Gasteiger partial charge in [0.1, 0.15) is 23.6 Å². The molecule has 1 aliphatic carbocycles. The summed E-state index contributed by atoms with van der Waals surface area (Å²) >= 11 is 0. The Kier molecular flexibility index (Phi) is 5.32. The quantitative estimate of drug-likeness (QED) is 0.529. The van der Waals surface area contributed by atoms with Gasteiger partial charge in [0.2, 0.25) is 0 Å². The summed E-state index contributed by atoms with van der Waals surface area (Å²) in [6.07, 6.45) is -1.48. The number of carbonyl (C=O) groups excluding carboxylic acids is 1. The lowest BCUT2D eigenvalue weighted by molar-refractivity contribution is -0.309. The minimum atomic E-state index is -0.818. The number of rotatable bonds is 7. The van der Waals surface area contributed by atoms with Crippen molar-refractivity contribution in [3.8, 4) is 5.75 Å². The molecule has 0 spiro atoms. The fraction of sp³-hybridized carbons (Fsp3) is 0.650. The molecular weight excluding hydrogens is 368 g/mol. The molecule has 2 N–H and O–H groups in total. The zero-order valence-electron chi connectivity index (χ0n) is 15.9. The lowest BCUT2D eigenvalue weighted by atomic mass is 9.82. The van der Waals surface area contributed by atoms with Crippen LogP contribution in [0.3, 0.4) is 0 Å². The monoisotopic (exact) mass is 394 g/mol. The fourth-order valence-electron chi connectivity index (χ4n) is 4.60. The summed E-state index contributed by atoms with van der Waals surface area (Å²) in [4.78, 5) is 12.6. The van der Waals surface area contributed by atoms with Crippen LogP contribution in [0.15, 0.2) is 24.3 Å². The Morgan fingerprint density at radius 1 is 1.21 bits per heavy atom. The minimum absolute atomic E-state index is 0.0749. The first-order valence-corrected chi connectivity index (χ1v) is 9.71. The average molecular weight is 394 g/mol. The van der Waals surface area contributed by atoms with E-state index < -0.39 is 36.4 Å². The number of phenols is 1. The third-order valence-electron chi connectivity index (χ3n) is 5.84. The van der Waals surface area contributed by atoms with Crippen molar-refractivity contribution in [2.75, 3.05) is 19.8 Å². The van der Waals surface area contributed by atoms with Crippen LogP contribution in [0.2, 0.25) is 0 Å². The molecule has 1 aromatic carbocycles. The fourth-order valence-corrected chi connectivity index (χ4v) is 4.60. The molecule has 4 rings (SSSR count). The van der Waals surface area contributed by atoms with E-state index in [2.05, 4.69) is 0 Å². The first-order valence-electron chi connectivity index (χ1n) is 9.71. The number of ether oxygens (including phenoxy) is 5. The summed E-state index contributed by atoms with van der Waals surface area (Å²) in [5.41, 5.74) is -0.479. The normalized spacial score (nSPS) is 38.5. The van der Waals surface area contributed by atoms with Crippen molar-refractivity contribution >= 4 is 5.97 Å². The van der Waals surface area contributed by atoms with Gasteiger partial charge in [-0.2, -0.15) is 0 Å². The summed E-state index contributed by atoms with van der Waals surface area (Å²) in [7, 11) is 0. The molecule has 0 amide bonds. The number of hydrogen-bond acceptors (Lipinski definition) is 8. The summed E-state index contributed by atoms with van der Waals surface area (Å²) in [5, 5.41) is 19.4. The van der Waals surface area contributed by atoms with Crippen LogP contribution < -0.4 is 0 Å². The zero-order valence-corrected chi connectivity index (χ0v) is 15.9. The van der Waals surface area contributed by atoms with Crippen LogP contribution in [-0.2, 0) is 23.7 Å². The summed E-state index contributed by atoms with van der Waals surface area (Å²) in [6, 6.07) is 5.88. The maximum absolute atomic E-state index is 12.6. The molecule has 3 fully saturated rings. The summed E-state index contributed by atoms with van der Waals surface area (Å²) in [6.45, 7) is 4.49. The Morgan fingerprint density at radius 3 is 2.57 bits per heavy atom. The number of fused-ring (bicyclic) bond motifs is 3. The van der Waals surface area contributed by atoms with Gasteiger partial charge in [-0.1, -0.05) is 0 Å². The van der Waals surface area contributed by atoms with Crippen LogP contribution in [-0.4, -0.2) is 66.4 Å². The average Bonchev–Trinajstić information content (AvgIpc) is 3.36. The van der Waals surface area contributed by atoms with E-state index in [1.165, 1.54) is 24.3 Å². The number of aromatic hydroxyl groups is 1. The number of benzene rings is 1. The maximum Gasteiger partial charge on any atom is 0.338 e. The molecular formula is C20H26O8. The van der Waals surface area contributed by atoms with Gasteiger partial charge in [0, 0.05) is 25.6 Å². The van der Waals surface area contributed by atoms with Crippen molar-refractivity contribution in [3.05, 3.63) is 29.8 Å². The molecule has 0 aromatic heterocycles. The molecule has 154 valence electrons. The van der Waals surface area contributed by atoms with E-state index in [1.807, 2.05) is 13.8 Å². The number of phenolic OH excluding ortho intramolecular Hbond substituents is 1. The van der Waals surface area contributed by atoms with Crippen molar-refractivity contribution in [1.29, 1.82) is 0 Å². The van der Waals surface area contributed by atoms with Crippen LogP contribution in [0.25, 0.3) is 0 Å². The third kappa shape index (κ3) is 3.19. The highest BCUT2D eigenvalue weighted by atomic mass is 16.8. The van der Waals surface area contributed by atoms with E-state index >= 15 is 0 Å². The van der Waals surface area contributed by atoms with Gasteiger partial charge in [0.15, 0.2) is 12.6 Å². The summed E-state index contributed by atoms with van der Waals surface area (Å²) < 4.78 is 29.0. The van der Waals surface area contributed by atoms with Gasteiger partial charge in [-0.05, 0) is 38.1 Å². The van der Waals surface area contributed by atoms with E-state index in [1.54, 1.807) is 0 Å². The number of carbonyl (C=O) groups is 1. The second kappa shape index (κ2) is 7.61. The van der Waals surface area contributed by atoms with Crippen LogP contribution in [0.5, 0.6) is 5.75 Å². The molecule has 0 radical (unpaired) electrons. The number of esters is 1. The van der Waals surface area contributed by atoms with Crippen LogP contribution in [0.4, 0.5) is 0 Å². The lowest BCUT2D eigenvalue weighted by Gasteiger charge is -2.42. The molecule has 7 atom stereocenters. The number of aliphatic hydroxyl groups is 1. The summed E-state index contributed by atoms with van der Waals surface area (Å²) in [5.74, 6) is -0.795. The van der Waals surface area contributed by atoms with E-state index in [4.69, 9.17) is 23.7 Å². The Balaban J connectivity index is 1.57. The molecule has 3 aliphatic rings. The van der Waals surface area contributed by atoms with Crippen LogP contribution in [0.1, 0.15) is 30.6 Å². The SMILES string of the molecule is CCO[C@@H]1C[C@H]2[C@H](OC(=O)c3ccc(O)cc3)[C@@H]3O[C@]3(CO)[C@H]2[C@H](OCC)O1. The van der Waals surface area contributed by atoms with Gasteiger partial charge in [-0.25, -0.2) is 4.79 Å². The Hall–Kier alpha value is -1.71. The van der Waals surface area contributed by atoms with Gasteiger partial charge >= 0.3 is 5.97 Å². The number of aliphatic hydroxyl groups excluding tert-OH is 1. The highest BCUT2D eigenvalue weighted by molar-refractivity contribution is 5.89. The highest BCUT2D eigenvalue weighted by Crippen LogP contribution is 2.61. The largest absolute Gasteiger partial charge is 0.508 e. The van der Waals surface area contributed by atoms with Gasteiger partial charge in [0.05, 0.1) is 18.1 Å². The van der Waals surface area contributed by atoms with Gasteiger partial charge < -0.3 is 33.9 Å². The Labute approximate surface area is 163 Å². The van der Waals surface area contributed by atoms with Crippen molar-refractivity contribution in [2.45, 2.75) is 50.7 Å². The predicted octanol–water partition coefficient (Wildman–Crippen LogP) is 1.44. The van der Waals surface area contributed by atoms with E-state index in [-0.39, 0.29) is 24.2 Å². The smallest absolute Gasteiger partial charge is 0.338 e. The first-order chi connectivity index (χ1) is 13.5. The molecule has 2 heterocycles. The van der Waals surface area contributed by atoms with E-state index in [0.29, 0.717) is 25.2 Å². The minimum Gasteiger partial charge on any atom is -0.508 e. The molecule has 2 saturated heterocycles. The Morgan fingerprint density at radius 2 is 1.93 bits per heavy atom. The van der Waals surface area contributed by atoms with Gasteiger partial charge in [-0.15, -0.1) is 0 Å². The third-order valence-corrected chi connectivity index (χ3v) is 5.84. The molecule has 28 heavy (non-hydrogen) atoms. The molecule has 1 saturated carbocycles. The topological polar surface area (TPSA) is 107 Å². The lowest BCUT2D eigenvalue weighted by Crippen LogP contribution is -2.50. The van der Waals surface area contributed by atoms with Crippen molar-refractivity contribution in [2.24, 2.45) is 11.8 Å². The van der Waals surface area contributed by atoms with Gasteiger partial charge in [-0.3, -0.25) is 0 Å². The zero-order chi connectivity index (χ0) is 19.9. The van der Waals surface area contributed by atoms with Crippen molar-refractivity contribution in [3.63, 3.8) is 0 Å². The molecule has 8 nitrogen and oxygen atoms in total. The molecule has 0 unspecified atom stereocenters. The van der Waals surface area contributed by atoms with Crippen molar-refractivity contribution in [1.82, 2.24) is 0 Å². The van der Waals surface area contributed by atoms with E-state index in [0.717, 1.165) is 0 Å². The van der Waals surface area contributed by atoms with Gasteiger partial charge in [0.25, 0.3) is 0 Å². The second-order valence-electron chi connectivity index (χ2n) is 7.34. The molecule has 2 aliphatic heterocycles. The second-order valence-corrected chi connectivity index (χ2v) is 7.34. The maximum atomic E-state index is 12.6. The van der Waals surface area contributed by atoms with Crippen LogP contribution in [0, 0.1) is 11.8 Å². The van der Waals surface area contributed by atoms with E-state index in [9.17, 15) is 15.0 Å². The first kappa shape index (κ1) is 19.6. The molecule has 1 aromatic rings. The van der Waals surface area contributed by atoms with Crippen molar-refractivity contribution < 1.29 is 38.7 Å². The standard InChI is InChI=1S/C20H26O8/c1-3-24-14-9-13-15(19(26-14)25-4-2)20(10-21)17(28-20)16(13)27-18(23)11-5-7-12(22)8-6-11/h5-8,13-17,19,21-22H,3-4,9-10H2,1-2H3/t13-,14+,15-,16+,17+,19-,20-/m1/s1. The Bertz CT molecular complexity index is 707. The predicted molar refractivity (Wildman–Crippen MR) is 95.5 cm³/mol.